The highest BCUT2D eigenvalue weighted by molar-refractivity contribution is 9.10. The Bertz CT molecular complexity index is 1360. The Morgan fingerprint density at radius 1 is 1.17 bits per heavy atom. The van der Waals surface area contributed by atoms with Crippen molar-refractivity contribution < 1.29 is 24.1 Å². The molecule has 2 aromatic heterocycles. The van der Waals surface area contributed by atoms with E-state index >= 15 is 0 Å². The Morgan fingerprint density at radius 2 is 1.93 bits per heavy atom. The molecule has 3 aliphatic heterocycles. The third-order valence-electron chi connectivity index (χ3n) is 6.11. The minimum atomic E-state index is -1.84. The summed E-state index contributed by atoms with van der Waals surface area (Å²) < 4.78 is 18.5. The Hall–Kier alpha value is -2.91. The van der Waals surface area contributed by atoms with Crippen molar-refractivity contribution >= 4 is 32.8 Å². The monoisotopic (exact) mass is 470 g/mol. The molecule has 0 spiro atoms. The van der Waals surface area contributed by atoms with Crippen molar-refractivity contribution in [3.05, 3.63) is 49.7 Å². The van der Waals surface area contributed by atoms with Crippen LogP contribution < -0.4 is 15.0 Å². The first-order valence-electron chi connectivity index (χ1n) is 9.51. The number of benzene rings is 1. The Kier molecular flexibility index (Phi) is 3.48. The lowest BCUT2D eigenvalue weighted by Gasteiger charge is -2.31. The summed E-state index contributed by atoms with van der Waals surface area (Å²) in [6, 6.07) is 5.38. The average Bonchev–Trinajstić information content (AvgIpc) is 3.35. The summed E-state index contributed by atoms with van der Waals surface area (Å²) in [6.07, 6.45) is 0.104. The molecule has 0 unspecified atom stereocenters. The van der Waals surface area contributed by atoms with Crippen molar-refractivity contribution in [2.45, 2.75) is 32.1 Å². The van der Waals surface area contributed by atoms with E-state index in [4.69, 9.17) is 19.2 Å². The van der Waals surface area contributed by atoms with E-state index in [-0.39, 0.29) is 25.4 Å². The molecule has 0 saturated heterocycles. The number of nitrogens with zero attached hydrogens (tertiary/aromatic N) is 2. The molecule has 0 saturated carbocycles. The van der Waals surface area contributed by atoms with Crippen LogP contribution in [-0.4, -0.2) is 27.4 Å². The van der Waals surface area contributed by atoms with Crippen LogP contribution in [0.25, 0.3) is 22.3 Å². The molecule has 0 bridgehead atoms. The van der Waals surface area contributed by atoms with Gasteiger partial charge in [-0.2, -0.15) is 0 Å². The fourth-order valence-electron chi connectivity index (χ4n) is 4.42. The molecule has 1 aromatic carbocycles. The maximum absolute atomic E-state index is 13.2. The predicted octanol–water partition coefficient (Wildman–Crippen LogP) is 2.57. The van der Waals surface area contributed by atoms with Crippen LogP contribution in [0.4, 0.5) is 0 Å². The lowest BCUT2D eigenvalue weighted by molar-refractivity contribution is -0.172. The van der Waals surface area contributed by atoms with Crippen LogP contribution in [0.3, 0.4) is 0 Å². The molecule has 152 valence electrons. The van der Waals surface area contributed by atoms with E-state index < -0.39 is 11.6 Å². The highest BCUT2D eigenvalue weighted by Crippen LogP contribution is 2.44. The lowest BCUT2D eigenvalue weighted by atomic mass is 9.86. The first-order chi connectivity index (χ1) is 14.4. The molecule has 1 N–H and O–H groups in total. The van der Waals surface area contributed by atoms with Crippen LogP contribution in [-0.2, 0) is 28.3 Å². The number of fused-ring (bicyclic) bond motifs is 6. The van der Waals surface area contributed by atoms with Crippen LogP contribution in [0.15, 0.2) is 27.5 Å². The number of ether oxygens (including phenoxy) is 3. The molecule has 0 radical (unpaired) electrons. The number of esters is 1. The molecule has 0 amide bonds. The molecule has 8 nitrogen and oxygen atoms in total. The smallest absolute Gasteiger partial charge is 0.343 e. The Balaban J connectivity index is 1.64. The van der Waals surface area contributed by atoms with E-state index in [1.807, 2.05) is 12.1 Å². The van der Waals surface area contributed by atoms with Gasteiger partial charge in [0.1, 0.15) is 6.61 Å². The van der Waals surface area contributed by atoms with Crippen molar-refractivity contribution in [2.75, 3.05) is 6.79 Å². The van der Waals surface area contributed by atoms with Gasteiger partial charge in [-0.05, 0) is 34.5 Å². The first kappa shape index (κ1) is 17.9. The van der Waals surface area contributed by atoms with E-state index in [1.165, 1.54) is 0 Å². The van der Waals surface area contributed by atoms with Gasteiger partial charge in [0.2, 0.25) is 6.79 Å². The molecule has 3 aromatic rings. The molecule has 5 heterocycles. The molecule has 30 heavy (non-hydrogen) atoms. The van der Waals surface area contributed by atoms with Crippen molar-refractivity contribution in [3.8, 4) is 22.9 Å². The van der Waals surface area contributed by atoms with Crippen LogP contribution in [0.1, 0.15) is 30.0 Å². The first-order valence-corrected chi connectivity index (χ1v) is 10.3. The third kappa shape index (κ3) is 2.11. The maximum Gasteiger partial charge on any atom is 0.343 e. The lowest BCUT2D eigenvalue weighted by Crippen LogP contribution is -2.44. The van der Waals surface area contributed by atoms with Crippen LogP contribution in [0.5, 0.6) is 11.5 Å². The summed E-state index contributed by atoms with van der Waals surface area (Å²) in [6.45, 7) is 2.02. The predicted molar refractivity (Wildman–Crippen MR) is 108 cm³/mol. The van der Waals surface area contributed by atoms with Crippen molar-refractivity contribution in [1.29, 1.82) is 0 Å². The Morgan fingerprint density at radius 3 is 2.70 bits per heavy atom. The summed E-state index contributed by atoms with van der Waals surface area (Å²) in [5.41, 5.74) is 1.21. The molecule has 0 aliphatic carbocycles. The third-order valence-corrected chi connectivity index (χ3v) is 7.02. The molecule has 6 rings (SSSR count). The average molecular weight is 471 g/mol. The van der Waals surface area contributed by atoms with E-state index in [2.05, 4.69) is 15.9 Å². The number of pyridine rings is 2. The molecule has 0 fully saturated rings. The minimum absolute atomic E-state index is 0.104. The molecular weight excluding hydrogens is 456 g/mol. The van der Waals surface area contributed by atoms with Gasteiger partial charge >= 0.3 is 5.97 Å². The van der Waals surface area contributed by atoms with Crippen LogP contribution >= 0.6 is 15.9 Å². The van der Waals surface area contributed by atoms with Gasteiger partial charge < -0.3 is 23.9 Å². The molecular formula is C21H15BrN2O6. The van der Waals surface area contributed by atoms with Gasteiger partial charge in [-0.25, -0.2) is 9.78 Å². The van der Waals surface area contributed by atoms with Crippen molar-refractivity contribution in [3.63, 3.8) is 0 Å². The minimum Gasteiger partial charge on any atom is -0.458 e. The molecule has 3 aliphatic rings. The molecule has 1 atom stereocenters. The second-order valence-corrected chi connectivity index (χ2v) is 8.37. The summed E-state index contributed by atoms with van der Waals surface area (Å²) in [5.74, 6) is 0.531. The number of aliphatic hydroxyl groups is 1. The number of carbonyl (C=O) groups is 1. The topological polar surface area (TPSA) is 99.9 Å². The van der Waals surface area contributed by atoms with Gasteiger partial charge in [0.15, 0.2) is 17.1 Å². The van der Waals surface area contributed by atoms with Gasteiger partial charge in [-0.15, -0.1) is 0 Å². The van der Waals surface area contributed by atoms with E-state index in [0.29, 0.717) is 46.1 Å². The fourth-order valence-corrected chi connectivity index (χ4v) is 5.05. The number of hydrogen-bond donors (Lipinski definition) is 1. The second kappa shape index (κ2) is 5.83. The SMILES string of the molecule is CC[C@@]1(O)C(=O)OCc2c1cc1n(c2=O)Cc2c-1nc1cc3c(cc1c2Br)OCO3. The summed E-state index contributed by atoms with van der Waals surface area (Å²) in [5, 5.41) is 11.8. The second-order valence-electron chi connectivity index (χ2n) is 7.58. The van der Waals surface area contributed by atoms with Crippen LogP contribution in [0.2, 0.25) is 0 Å². The Labute approximate surface area is 178 Å². The quantitative estimate of drug-likeness (QED) is 0.426. The highest BCUT2D eigenvalue weighted by Gasteiger charge is 2.45. The fraction of sp³-hybridized carbons (Fsp3) is 0.286. The molecule has 9 heteroatoms. The number of cyclic esters (lactones) is 1. The van der Waals surface area contributed by atoms with Gasteiger partial charge in [-0.1, -0.05) is 6.92 Å². The zero-order valence-electron chi connectivity index (χ0n) is 15.8. The van der Waals surface area contributed by atoms with Gasteiger partial charge in [0.25, 0.3) is 5.56 Å². The summed E-state index contributed by atoms with van der Waals surface area (Å²) >= 11 is 3.67. The van der Waals surface area contributed by atoms with Gasteiger partial charge in [0, 0.05) is 27.1 Å². The number of halogens is 1. The summed E-state index contributed by atoms with van der Waals surface area (Å²) in [4.78, 5) is 30.3. The van der Waals surface area contributed by atoms with Gasteiger partial charge in [0.05, 0.1) is 29.0 Å². The number of rotatable bonds is 1. The standard InChI is InChI=1S/C21H15BrN2O6/c1-2-21(27)12-4-14-18-10(6-24(14)19(25)11(12)7-28-20(21)26)17(22)9-3-15-16(30-8-29-15)5-13(9)23-18/h3-5,27H,2,6-8H2,1H3/t21-/m0/s1. The van der Waals surface area contributed by atoms with Crippen LogP contribution in [0, 0.1) is 0 Å². The largest absolute Gasteiger partial charge is 0.458 e. The summed E-state index contributed by atoms with van der Waals surface area (Å²) in [7, 11) is 0. The van der Waals surface area contributed by atoms with E-state index in [1.54, 1.807) is 17.6 Å². The highest BCUT2D eigenvalue weighted by atomic mass is 79.9. The van der Waals surface area contributed by atoms with Crippen molar-refractivity contribution in [2.24, 2.45) is 0 Å². The maximum atomic E-state index is 13.2. The zero-order chi connectivity index (χ0) is 20.8. The van der Waals surface area contributed by atoms with E-state index in [0.717, 1.165) is 15.4 Å². The number of hydrogen-bond acceptors (Lipinski definition) is 7. The number of carbonyl (C=O) groups excluding carboxylic acids is 1. The van der Waals surface area contributed by atoms with Crippen molar-refractivity contribution in [1.82, 2.24) is 9.55 Å². The van der Waals surface area contributed by atoms with E-state index in [9.17, 15) is 14.7 Å². The zero-order valence-corrected chi connectivity index (χ0v) is 17.4. The van der Waals surface area contributed by atoms with Gasteiger partial charge in [-0.3, -0.25) is 4.79 Å². The number of aromatic nitrogens is 2. The normalized spacial score (nSPS) is 20.7.